The van der Waals surface area contributed by atoms with Gasteiger partial charge in [0.05, 0.1) is 18.2 Å². The number of hydrogen-bond acceptors (Lipinski definition) is 4. The number of aliphatic hydroxyl groups excluding tert-OH is 2. The maximum absolute atomic E-state index is 10.4. The molecule has 0 aromatic rings. The monoisotopic (exact) mass is 357 g/mol. The fourth-order valence-electron chi connectivity index (χ4n) is 3.94. The molecule has 1 aliphatic rings. The molecule has 0 aliphatic heterocycles. The van der Waals surface area contributed by atoms with Crippen LogP contribution >= 0.6 is 0 Å². The largest absolute Gasteiger partial charge is 0.391 e. The van der Waals surface area contributed by atoms with Gasteiger partial charge in [0.1, 0.15) is 6.10 Å². The predicted molar refractivity (Wildman–Crippen MR) is 105 cm³/mol. The standard InChI is InChI=1S/C21H43NO3/c1-4-6-8-10-11-13-15-22(3)20-18(23)17-19(24)21(20)25-16-14-12-9-7-5-2/h18-21,23-24H,4-17H2,1-3H3/t18-,19+,20+,21+/m1/s1. The van der Waals surface area contributed by atoms with Crippen molar-refractivity contribution in [3.8, 4) is 0 Å². The number of unbranched alkanes of at least 4 members (excludes halogenated alkanes) is 9. The third-order valence-electron chi connectivity index (χ3n) is 5.52. The van der Waals surface area contributed by atoms with Gasteiger partial charge in [-0.3, -0.25) is 4.90 Å². The van der Waals surface area contributed by atoms with Crippen LogP contribution in [0.1, 0.15) is 90.9 Å². The molecule has 1 saturated carbocycles. The van der Waals surface area contributed by atoms with Crippen molar-refractivity contribution < 1.29 is 14.9 Å². The molecule has 0 bridgehead atoms. The Balaban J connectivity index is 2.29. The highest BCUT2D eigenvalue weighted by atomic mass is 16.5. The number of aliphatic hydroxyl groups is 2. The molecule has 0 aromatic carbocycles. The molecule has 25 heavy (non-hydrogen) atoms. The predicted octanol–water partition coefficient (Wildman–Crippen LogP) is 4.13. The summed E-state index contributed by atoms with van der Waals surface area (Å²) in [5.41, 5.74) is 0. The topological polar surface area (TPSA) is 52.9 Å². The Bertz CT molecular complexity index is 314. The smallest absolute Gasteiger partial charge is 0.101 e. The van der Waals surface area contributed by atoms with Gasteiger partial charge >= 0.3 is 0 Å². The number of likely N-dealkylation sites (N-methyl/N-ethyl adjacent to an activating group) is 1. The summed E-state index contributed by atoms with van der Waals surface area (Å²) in [5, 5.41) is 20.6. The average Bonchev–Trinajstić information content (AvgIpc) is 2.87. The maximum Gasteiger partial charge on any atom is 0.101 e. The lowest BCUT2D eigenvalue weighted by molar-refractivity contribution is -0.0589. The number of rotatable bonds is 15. The summed E-state index contributed by atoms with van der Waals surface area (Å²) in [6, 6.07) is -0.0683. The molecule has 4 heteroatoms. The molecule has 1 aliphatic carbocycles. The first kappa shape index (κ1) is 22.9. The molecule has 0 saturated heterocycles. The third-order valence-corrected chi connectivity index (χ3v) is 5.52. The van der Waals surface area contributed by atoms with E-state index in [1.54, 1.807) is 0 Å². The van der Waals surface area contributed by atoms with E-state index in [-0.39, 0.29) is 12.1 Å². The van der Waals surface area contributed by atoms with Crippen molar-refractivity contribution in [2.24, 2.45) is 0 Å². The first-order valence-corrected chi connectivity index (χ1v) is 10.8. The second-order valence-corrected chi connectivity index (χ2v) is 7.86. The minimum absolute atomic E-state index is 0.0683. The van der Waals surface area contributed by atoms with Crippen molar-refractivity contribution in [1.29, 1.82) is 0 Å². The molecule has 0 spiro atoms. The summed E-state index contributed by atoms with van der Waals surface area (Å²) in [5.74, 6) is 0. The van der Waals surface area contributed by atoms with Crippen LogP contribution in [-0.2, 0) is 4.74 Å². The van der Waals surface area contributed by atoms with Crippen LogP contribution in [0.25, 0.3) is 0 Å². The SMILES string of the molecule is CCCCCCCCN(C)[C@@H]1[C@@H](OCCCCCCC)[C@@H](O)C[C@H]1O. The highest BCUT2D eigenvalue weighted by Gasteiger charge is 2.44. The molecule has 150 valence electrons. The molecular weight excluding hydrogens is 314 g/mol. The summed E-state index contributed by atoms with van der Waals surface area (Å²) >= 11 is 0. The summed E-state index contributed by atoms with van der Waals surface area (Å²) in [6.45, 7) is 6.12. The third kappa shape index (κ3) is 8.85. The fourth-order valence-corrected chi connectivity index (χ4v) is 3.94. The molecule has 1 fully saturated rings. The highest BCUT2D eigenvalue weighted by molar-refractivity contribution is 4.98. The van der Waals surface area contributed by atoms with Crippen LogP contribution in [-0.4, -0.2) is 59.7 Å². The van der Waals surface area contributed by atoms with Crippen molar-refractivity contribution in [2.45, 2.75) is 115 Å². The summed E-state index contributed by atoms with van der Waals surface area (Å²) < 4.78 is 6.01. The van der Waals surface area contributed by atoms with Crippen molar-refractivity contribution in [1.82, 2.24) is 4.90 Å². The zero-order valence-corrected chi connectivity index (χ0v) is 17.0. The number of nitrogens with zero attached hydrogens (tertiary/aromatic N) is 1. The van der Waals surface area contributed by atoms with Gasteiger partial charge in [-0.1, -0.05) is 71.6 Å². The van der Waals surface area contributed by atoms with E-state index in [1.165, 1.54) is 57.8 Å². The quantitative estimate of drug-likeness (QED) is 0.433. The van der Waals surface area contributed by atoms with Gasteiger partial charge in [-0.25, -0.2) is 0 Å². The van der Waals surface area contributed by atoms with Crippen molar-refractivity contribution in [3.63, 3.8) is 0 Å². The second-order valence-electron chi connectivity index (χ2n) is 7.86. The van der Waals surface area contributed by atoms with E-state index < -0.39 is 12.2 Å². The Hall–Kier alpha value is -0.160. The summed E-state index contributed by atoms with van der Waals surface area (Å²) in [6.07, 6.45) is 12.9. The molecular formula is C21H43NO3. The lowest BCUT2D eigenvalue weighted by atomic mass is 10.1. The molecule has 0 radical (unpaired) electrons. The van der Waals surface area contributed by atoms with Crippen molar-refractivity contribution >= 4 is 0 Å². The van der Waals surface area contributed by atoms with Crippen molar-refractivity contribution in [2.75, 3.05) is 20.2 Å². The van der Waals surface area contributed by atoms with E-state index in [0.29, 0.717) is 13.0 Å². The molecule has 4 atom stereocenters. The van der Waals surface area contributed by atoms with E-state index in [4.69, 9.17) is 4.74 Å². The average molecular weight is 358 g/mol. The van der Waals surface area contributed by atoms with Crippen LogP contribution in [0.2, 0.25) is 0 Å². The van der Waals surface area contributed by atoms with E-state index in [2.05, 4.69) is 25.8 Å². The Morgan fingerprint density at radius 3 is 2.00 bits per heavy atom. The Kier molecular flexibility index (Phi) is 12.8. The van der Waals surface area contributed by atoms with E-state index >= 15 is 0 Å². The lowest BCUT2D eigenvalue weighted by Crippen LogP contribution is -2.47. The van der Waals surface area contributed by atoms with E-state index in [0.717, 1.165) is 19.4 Å². The van der Waals surface area contributed by atoms with Crippen LogP contribution in [0, 0.1) is 0 Å². The number of ether oxygens (including phenoxy) is 1. The van der Waals surface area contributed by atoms with Gasteiger partial charge < -0.3 is 14.9 Å². The van der Waals surface area contributed by atoms with Crippen LogP contribution in [0.5, 0.6) is 0 Å². The Labute approximate surface area is 155 Å². The molecule has 0 unspecified atom stereocenters. The highest BCUT2D eigenvalue weighted by Crippen LogP contribution is 2.28. The maximum atomic E-state index is 10.4. The first-order valence-electron chi connectivity index (χ1n) is 10.8. The van der Waals surface area contributed by atoms with Crippen LogP contribution in [0.3, 0.4) is 0 Å². The van der Waals surface area contributed by atoms with Crippen LogP contribution in [0.4, 0.5) is 0 Å². The van der Waals surface area contributed by atoms with Crippen molar-refractivity contribution in [3.05, 3.63) is 0 Å². The molecule has 0 heterocycles. The van der Waals surface area contributed by atoms with Gasteiger partial charge in [0, 0.05) is 13.0 Å². The minimum atomic E-state index is -0.539. The minimum Gasteiger partial charge on any atom is -0.391 e. The summed E-state index contributed by atoms with van der Waals surface area (Å²) in [4.78, 5) is 2.21. The molecule has 4 nitrogen and oxygen atoms in total. The Morgan fingerprint density at radius 2 is 1.36 bits per heavy atom. The number of hydrogen-bond donors (Lipinski definition) is 2. The van der Waals surface area contributed by atoms with Gasteiger partial charge in [0.15, 0.2) is 0 Å². The van der Waals surface area contributed by atoms with Gasteiger partial charge in [-0.15, -0.1) is 0 Å². The normalized spacial score (nSPS) is 26.6. The lowest BCUT2D eigenvalue weighted by Gasteiger charge is -2.32. The van der Waals surface area contributed by atoms with Gasteiger partial charge in [-0.05, 0) is 26.4 Å². The van der Waals surface area contributed by atoms with Gasteiger partial charge in [0.2, 0.25) is 0 Å². The van der Waals surface area contributed by atoms with Crippen LogP contribution in [0.15, 0.2) is 0 Å². The molecule has 0 amide bonds. The Morgan fingerprint density at radius 1 is 0.800 bits per heavy atom. The zero-order valence-electron chi connectivity index (χ0n) is 17.0. The van der Waals surface area contributed by atoms with Gasteiger partial charge in [-0.2, -0.15) is 0 Å². The van der Waals surface area contributed by atoms with E-state index in [9.17, 15) is 10.2 Å². The fraction of sp³-hybridized carbons (Fsp3) is 1.00. The first-order chi connectivity index (χ1) is 12.1. The molecule has 2 N–H and O–H groups in total. The van der Waals surface area contributed by atoms with E-state index in [1.807, 2.05) is 0 Å². The van der Waals surface area contributed by atoms with Crippen LogP contribution < -0.4 is 0 Å². The molecule has 0 aromatic heterocycles. The zero-order chi connectivity index (χ0) is 18.5. The second kappa shape index (κ2) is 14.0. The summed E-state index contributed by atoms with van der Waals surface area (Å²) in [7, 11) is 2.07. The molecule has 1 rings (SSSR count). The van der Waals surface area contributed by atoms with Gasteiger partial charge in [0.25, 0.3) is 0 Å².